The summed E-state index contributed by atoms with van der Waals surface area (Å²) in [7, 11) is 0. The number of amides is 1. The maximum Gasteiger partial charge on any atom is 0.227 e. The Hall–Kier alpha value is -3.60. The van der Waals surface area contributed by atoms with Gasteiger partial charge in [0.2, 0.25) is 5.91 Å². The van der Waals surface area contributed by atoms with Gasteiger partial charge in [0.15, 0.2) is 0 Å². The first kappa shape index (κ1) is 21.3. The molecule has 0 aliphatic carbocycles. The first-order chi connectivity index (χ1) is 16.0. The Balaban J connectivity index is 1.40. The number of hydrogen-bond donors (Lipinski definition) is 0. The van der Waals surface area contributed by atoms with E-state index in [0.29, 0.717) is 26.1 Å². The van der Waals surface area contributed by atoms with E-state index < -0.39 is 0 Å². The molecule has 5 heteroatoms. The van der Waals surface area contributed by atoms with Gasteiger partial charge >= 0.3 is 0 Å². The minimum atomic E-state index is 0.0481. The summed E-state index contributed by atoms with van der Waals surface area (Å²) in [5.74, 6) is 2.08. The molecule has 0 spiro atoms. The molecule has 0 saturated carbocycles. The van der Waals surface area contributed by atoms with Gasteiger partial charge in [0.25, 0.3) is 0 Å². The van der Waals surface area contributed by atoms with E-state index in [1.54, 1.807) is 0 Å². The van der Waals surface area contributed by atoms with Crippen LogP contribution >= 0.6 is 0 Å². The van der Waals surface area contributed by atoms with Gasteiger partial charge in [0.1, 0.15) is 18.2 Å². The summed E-state index contributed by atoms with van der Waals surface area (Å²) < 4.78 is 8.39. The zero-order valence-corrected chi connectivity index (χ0v) is 19.4. The first-order valence-electron chi connectivity index (χ1n) is 11.5. The molecule has 1 saturated heterocycles. The Morgan fingerprint density at radius 3 is 2.58 bits per heavy atom. The second-order valence-electron chi connectivity index (χ2n) is 8.90. The van der Waals surface area contributed by atoms with Crippen LogP contribution in [0.1, 0.15) is 34.9 Å². The Morgan fingerprint density at radius 1 is 0.970 bits per heavy atom. The molecule has 5 rings (SSSR count). The van der Waals surface area contributed by atoms with Gasteiger partial charge in [0, 0.05) is 24.6 Å². The fourth-order valence-electron chi connectivity index (χ4n) is 4.62. The van der Waals surface area contributed by atoms with Crippen LogP contribution < -0.4 is 9.64 Å². The summed E-state index contributed by atoms with van der Waals surface area (Å²) in [6, 6.07) is 22.5. The number of aryl methyl sites for hydroxylation is 2. The predicted molar refractivity (Wildman–Crippen MR) is 132 cm³/mol. The quantitative estimate of drug-likeness (QED) is 0.395. The number of rotatable bonds is 6. The van der Waals surface area contributed by atoms with E-state index in [2.05, 4.69) is 49.6 Å². The third-order valence-electron chi connectivity index (χ3n) is 6.65. The summed E-state index contributed by atoms with van der Waals surface area (Å²) in [5, 5.41) is 0. The van der Waals surface area contributed by atoms with E-state index in [0.717, 1.165) is 28.3 Å². The van der Waals surface area contributed by atoms with Crippen molar-refractivity contribution >= 4 is 22.6 Å². The molecule has 1 aliphatic heterocycles. The highest BCUT2D eigenvalue weighted by molar-refractivity contribution is 5.96. The Morgan fingerprint density at radius 2 is 1.76 bits per heavy atom. The van der Waals surface area contributed by atoms with Gasteiger partial charge in [-0.15, -0.1) is 0 Å². The van der Waals surface area contributed by atoms with Crippen molar-refractivity contribution in [2.75, 3.05) is 18.1 Å². The number of para-hydroxylation sites is 2. The molecule has 1 atom stereocenters. The summed E-state index contributed by atoms with van der Waals surface area (Å²) in [6.45, 7) is 8.11. The Bertz CT molecular complexity index is 1310. The van der Waals surface area contributed by atoms with Gasteiger partial charge in [-0.3, -0.25) is 4.79 Å². The number of hydrogen-bond acceptors (Lipinski definition) is 3. The van der Waals surface area contributed by atoms with Crippen LogP contribution in [0.3, 0.4) is 0 Å². The molecule has 0 unspecified atom stereocenters. The number of benzene rings is 3. The van der Waals surface area contributed by atoms with Gasteiger partial charge in [-0.05, 0) is 62.2 Å². The molecule has 33 heavy (non-hydrogen) atoms. The highest BCUT2D eigenvalue weighted by Gasteiger charge is 2.34. The molecule has 1 amide bonds. The monoisotopic (exact) mass is 439 g/mol. The van der Waals surface area contributed by atoms with E-state index in [9.17, 15) is 4.79 Å². The van der Waals surface area contributed by atoms with Crippen LogP contribution in [-0.2, 0) is 11.3 Å². The second-order valence-corrected chi connectivity index (χ2v) is 8.90. The third kappa shape index (κ3) is 4.11. The summed E-state index contributed by atoms with van der Waals surface area (Å²) in [6.07, 6.45) is 0.467. The standard InChI is InChI=1S/C28H29N3O2/c1-19-11-13-23(14-12-19)31-18-22(17-27(31)32)28-29-24-8-4-5-9-25(24)30(28)15-16-33-26-10-6-7-20(2)21(26)3/h4-14,22H,15-18H2,1-3H3/t22-/m1/s1. The van der Waals surface area contributed by atoms with E-state index in [-0.39, 0.29) is 11.8 Å². The Kier molecular flexibility index (Phi) is 5.63. The van der Waals surface area contributed by atoms with Crippen LogP contribution in [0.15, 0.2) is 66.7 Å². The topological polar surface area (TPSA) is 47.4 Å². The summed E-state index contributed by atoms with van der Waals surface area (Å²) in [5.41, 5.74) is 6.57. The minimum absolute atomic E-state index is 0.0481. The zero-order chi connectivity index (χ0) is 22.9. The molecule has 1 fully saturated rings. The van der Waals surface area contributed by atoms with Gasteiger partial charge in [-0.25, -0.2) is 4.98 Å². The number of carbonyl (C=O) groups excluding carboxylic acids is 1. The number of imidazole rings is 1. The maximum absolute atomic E-state index is 12.9. The molecule has 0 bridgehead atoms. The number of aromatic nitrogens is 2. The summed E-state index contributed by atoms with van der Waals surface area (Å²) in [4.78, 5) is 19.7. The smallest absolute Gasteiger partial charge is 0.227 e. The van der Waals surface area contributed by atoms with Crippen LogP contribution in [0.2, 0.25) is 0 Å². The zero-order valence-electron chi connectivity index (χ0n) is 19.4. The fourth-order valence-corrected chi connectivity index (χ4v) is 4.62. The van der Waals surface area contributed by atoms with Crippen molar-refractivity contribution in [1.82, 2.24) is 9.55 Å². The average molecular weight is 440 g/mol. The largest absolute Gasteiger partial charge is 0.491 e. The van der Waals surface area contributed by atoms with Crippen LogP contribution in [0.5, 0.6) is 5.75 Å². The van der Waals surface area contributed by atoms with Gasteiger partial charge in [0.05, 0.1) is 17.6 Å². The number of fused-ring (bicyclic) bond motifs is 1. The van der Waals surface area contributed by atoms with Crippen molar-refractivity contribution in [3.63, 3.8) is 0 Å². The second kappa shape index (κ2) is 8.74. The van der Waals surface area contributed by atoms with Crippen LogP contribution in [0, 0.1) is 20.8 Å². The minimum Gasteiger partial charge on any atom is -0.491 e. The maximum atomic E-state index is 12.9. The molecule has 2 heterocycles. The van der Waals surface area contributed by atoms with E-state index >= 15 is 0 Å². The van der Waals surface area contributed by atoms with Crippen molar-refractivity contribution in [2.24, 2.45) is 0 Å². The van der Waals surface area contributed by atoms with E-state index in [1.807, 2.05) is 47.4 Å². The molecular weight excluding hydrogens is 410 g/mol. The van der Waals surface area contributed by atoms with Crippen molar-refractivity contribution in [1.29, 1.82) is 0 Å². The van der Waals surface area contributed by atoms with Gasteiger partial charge in [-0.1, -0.05) is 42.0 Å². The predicted octanol–water partition coefficient (Wildman–Crippen LogP) is 5.56. The molecular formula is C28H29N3O2. The molecule has 168 valence electrons. The van der Waals surface area contributed by atoms with Crippen molar-refractivity contribution < 1.29 is 9.53 Å². The van der Waals surface area contributed by atoms with Gasteiger partial charge < -0.3 is 14.2 Å². The van der Waals surface area contributed by atoms with Crippen LogP contribution in [0.4, 0.5) is 5.69 Å². The average Bonchev–Trinajstić information content (AvgIpc) is 3.38. The number of ether oxygens (including phenoxy) is 1. The molecule has 1 aromatic heterocycles. The van der Waals surface area contributed by atoms with Gasteiger partial charge in [-0.2, -0.15) is 0 Å². The summed E-state index contributed by atoms with van der Waals surface area (Å²) >= 11 is 0. The molecule has 1 aliphatic rings. The molecule has 0 radical (unpaired) electrons. The lowest BCUT2D eigenvalue weighted by molar-refractivity contribution is -0.117. The number of nitrogens with zero attached hydrogens (tertiary/aromatic N) is 3. The highest BCUT2D eigenvalue weighted by Crippen LogP contribution is 2.33. The molecule has 4 aromatic rings. The number of anilines is 1. The van der Waals surface area contributed by atoms with Crippen LogP contribution in [0.25, 0.3) is 11.0 Å². The molecule has 3 aromatic carbocycles. The molecule has 5 nitrogen and oxygen atoms in total. The lowest BCUT2D eigenvalue weighted by Gasteiger charge is -2.18. The SMILES string of the molecule is Cc1ccc(N2C[C@H](c3nc4ccccc4n3CCOc3cccc(C)c3C)CC2=O)cc1. The van der Waals surface area contributed by atoms with Crippen LogP contribution in [-0.4, -0.2) is 28.6 Å². The highest BCUT2D eigenvalue weighted by atomic mass is 16.5. The Labute approximate surface area is 194 Å². The number of carbonyl (C=O) groups is 1. The van der Waals surface area contributed by atoms with Crippen molar-refractivity contribution in [3.05, 3.63) is 89.2 Å². The lowest BCUT2D eigenvalue weighted by atomic mass is 10.1. The van der Waals surface area contributed by atoms with Crippen molar-refractivity contribution in [3.8, 4) is 5.75 Å². The molecule has 0 N–H and O–H groups in total. The lowest BCUT2D eigenvalue weighted by Crippen LogP contribution is -2.24. The van der Waals surface area contributed by atoms with E-state index in [4.69, 9.17) is 9.72 Å². The fraction of sp³-hybridized carbons (Fsp3) is 0.286. The first-order valence-corrected chi connectivity index (χ1v) is 11.5. The van der Waals surface area contributed by atoms with Crippen molar-refractivity contribution in [2.45, 2.75) is 39.7 Å². The third-order valence-corrected chi connectivity index (χ3v) is 6.65. The van der Waals surface area contributed by atoms with E-state index in [1.165, 1.54) is 16.7 Å². The normalized spacial score (nSPS) is 16.0.